The summed E-state index contributed by atoms with van der Waals surface area (Å²) in [6, 6.07) is 6.12. The van der Waals surface area contributed by atoms with Crippen molar-refractivity contribution in [2.75, 3.05) is 52.8 Å². The molecule has 0 unspecified atom stereocenters. The van der Waals surface area contributed by atoms with Crippen molar-refractivity contribution in [1.29, 1.82) is 0 Å². The summed E-state index contributed by atoms with van der Waals surface area (Å²) in [4.78, 5) is 4.66. The largest absolute Gasteiger partial charge is 0.493 e. The average molecular weight is 571 g/mol. The first-order valence-corrected chi connectivity index (χ1v) is 12.1. The predicted molar refractivity (Wildman–Crippen MR) is 138 cm³/mol. The zero-order valence-corrected chi connectivity index (χ0v) is 22.6. The highest BCUT2D eigenvalue weighted by Gasteiger charge is 2.14. The molecule has 0 aliphatic heterocycles. The Kier molecular flexibility index (Phi) is 15.9. The Hall–Kier alpha value is -1.11. The van der Waals surface area contributed by atoms with Gasteiger partial charge in [-0.3, -0.25) is 0 Å². The quantitative estimate of drug-likeness (QED) is 0.155. The number of sulfonamides is 1. The first-order valence-electron chi connectivity index (χ1n) is 10.5. The SMILES string of the molecule is CCNC(=NCc1ccc(C)cc1OCCCOC)NCCCN(C)S(=O)(=O)CC.I. The predicted octanol–water partition coefficient (Wildman–Crippen LogP) is 2.76. The van der Waals surface area contributed by atoms with Crippen molar-refractivity contribution in [2.45, 2.75) is 40.2 Å². The van der Waals surface area contributed by atoms with E-state index >= 15 is 0 Å². The molecule has 180 valence electrons. The molecule has 0 aromatic heterocycles. The molecule has 1 rings (SSSR count). The van der Waals surface area contributed by atoms with E-state index in [2.05, 4.69) is 21.7 Å². The van der Waals surface area contributed by atoms with Gasteiger partial charge in [-0.15, -0.1) is 24.0 Å². The van der Waals surface area contributed by atoms with Gasteiger partial charge in [0, 0.05) is 52.4 Å². The van der Waals surface area contributed by atoms with E-state index in [1.165, 1.54) is 4.31 Å². The van der Waals surface area contributed by atoms with E-state index in [1.807, 2.05) is 26.0 Å². The Bertz CT molecular complexity index is 760. The van der Waals surface area contributed by atoms with E-state index in [4.69, 9.17) is 9.47 Å². The number of rotatable bonds is 14. The van der Waals surface area contributed by atoms with Crippen molar-refractivity contribution in [2.24, 2.45) is 4.99 Å². The molecule has 0 atom stereocenters. The Balaban J connectivity index is 0.00000900. The maximum absolute atomic E-state index is 11.8. The molecule has 10 heteroatoms. The van der Waals surface area contributed by atoms with Crippen molar-refractivity contribution < 1.29 is 17.9 Å². The second kappa shape index (κ2) is 16.5. The van der Waals surface area contributed by atoms with Crippen molar-refractivity contribution in [1.82, 2.24) is 14.9 Å². The maximum Gasteiger partial charge on any atom is 0.213 e. The molecule has 0 aliphatic rings. The number of aryl methyl sites for hydroxylation is 1. The zero-order chi connectivity index (χ0) is 22.4. The van der Waals surface area contributed by atoms with Gasteiger partial charge in [0.2, 0.25) is 10.0 Å². The van der Waals surface area contributed by atoms with E-state index in [-0.39, 0.29) is 29.7 Å². The Labute approximate surface area is 205 Å². The lowest BCUT2D eigenvalue weighted by Gasteiger charge is -2.17. The summed E-state index contributed by atoms with van der Waals surface area (Å²) in [6.45, 7) is 9.29. The molecular formula is C21H39IN4O4S. The van der Waals surface area contributed by atoms with Crippen LogP contribution < -0.4 is 15.4 Å². The Morgan fingerprint density at radius 3 is 2.55 bits per heavy atom. The molecule has 0 heterocycles. The topological polar surface area (TPSA) is 92.3 Å². The van der Waals surface area contributed by atoms with Crippen molar-refractivity contribution in [3.63, 3.8) is 0 Å². The highest BCUT2D eigenvalue weighted by molar-refractivity contribution is 14.0. The molecule has 0 spiro atoms. The maximum atomic E-state index is 11.8. The molecule has 2 N–H and O–H groups in total. The molecule has 1 aromatic rings. The summed E-state index contributed by atoms with van der Waals surface area (Å²) in [5.41, 5.74) is 2.16. The van der Waals surface area contributed by atoms with Crippen LogP contribution in [0, 0.1) is 6.92 Å². The van der Waals surface area contributed by atoms with Crippen LogP contribution in [-0.4, -0.2) is 71.4 Å². The average Bonchev–Trinajstić information content (AvgIpc) is 2.73. The second-order valence-corrected chi connectivity index (χ2v) is 9.37. The molecule has 1 aromatic carbocycles. The molecule has 0 saturated carbocycles. The smallest absolute Gasteiger partial charge is 0.213 e. The number of benzene rings is 1. The summed E-state index contributed by atoms with van der Waals surface area (Å²) < 4.78 is 36.0. The number of nitrogens with one attached hydrogen (secondary N) is 2. The lowest BCUT2D eigenvalue weighted by atomic mass is 10.1. The highest BCUT2D eigenvalue weighted by Crippen LogP contribution is 2.21. The molecule has 0 aliphatic carbocycles. The number of ether oxygens (including phenoxy) is 2. The van der Waals surface area contributed by atoms with Crippen LogP contribution in [0.3, 0.4) is 0 Å². The van der Waals surface area contributed by atoms with Crippen LogP contribution in [0.2, 0.25) is 0 Å². The van der Waals surface area contributed by atoms with Gasteiger partial charge in [-0.1, -0.05) is 12.1 Å². The van der Waals surface area contributed by atoms with Crippen LogP contribution >= 0.6 is 24.0 Å². The van der Waals surface area contributed by atoms with Crippen LogP contribution in [0.1, 0.15) is 37.8 Å². The highest BCUT2D eigenvalue weighted by atomic mass is 127. The first-order chi connectivity index (χ1) is 14.3. The summed E-state index contributed by atoms with van der Waals surface area (Å²) in [5.74, 6) is 1.66. The molecule has 8 nitrogen and oxygen atoms in total. The van der Waals surface area contributed by atoms with Crippen LogP contribution in [-0.2, 0) is 21.3 Å². The van der Waals surface area contributed by atoms with E-state index < -0.39 is 10.0 Å². The van der Waals surface area contributed by atoms with Gasteiger partial charge in [-0.2, -0.15) is 0 Å². The third-order valence-corrected chi connectivity index (χ3v) is 6.37. The fraction of sp³-hybridized carbons (Fsp3) is 0.667. The third kappa shape index (κ3) is 11.9. The Morgan fingerprint density at radius 2 is 1.90 bits per heavy atom. The van der Waals surface area contributed by atoms with E-state index in [9.17, 15) is 8.42 Å². The van der Waals surface area contributed by atoms with Gasteiger partial charge in [0.25, 0.3) is 0 Å². The van der Waals surface area contributed by atoms with Crippen molar-refractivity contribution >= 4 is 40.0 Å². The summed E-state index contributed by atoms with van der Waals surface area (Å²) in [5, 5.41) is 6.49. The fourth-order valence-corrected chi connectivity index (χ4v) is 3.53. The number of hydrogen-bond donors (Lipinski definition) is 2. The van der Waals surface area contributed by atoms with Crippen LogP contribution in [0.25, 0.3) is 0 Å². The fourth-order valence-electron chi connectivity index (χ4n) is 2.69. The molecule has 0 radical (unpaired) electrons. The number of guanidine groups is 1. The normalized spacial score (nSPS) is 11.9. The molecule has 0 fully saturated rings. The van der Waals surface area contributed by atoms with Crippen LogP contribution in [0.15, 0.2) is 23.2 Å². The minimum atomic E-state index is -3.14. The molecule has 0 amide bonds. The van der Waals surface area contributed by atoms with E-state index in [0.717, 1.165) is 29.8 Å². The summed E-state index contributed by atoms with van der Waals surface area (Å²) in [7, 11) is 0.161. The standard InChI is InChI=1S/C21H38N4O4S.HI/c1-6-22-21(23-12-8-13-25(4)30(26,27)7-2)24-17-19-11-10-18(3)16-20(19)29-15-9-14-28-5;/h10-11,16H,6-9,12-15,17H2,1-5H3,(H2,22,23,24);1H. The van der Waals surface area contributed by atoms with Gasteiger partial charge in [0.15, 0.2) is 5.96 Å². The van der Waals surface area contributed by atoms with Gasteiger partial charge in [-0.05, 0) is 38.8 Å². The molecule has 31 heavy (non-hydrogen) atoms. The minimum Gasteiger partial charge on any atom is -0.493 e. The summed E-state index contributed by atoms with van der Waals surface area (Å²) >= 11 is 0. The van der Waals surface area contributed by atoms with Crippen LogP contribution in [0.4, 0.5) is 0 Å². The van der Waals surface area contributed by atoms with E-state index in [1.54, 1.807) is 21.1 Å². The lowest BCUT2D eigenvalue weighted by molar-refractivity contribution is 0.172. The summed E-state index contributed by atoms with van der Waals surface area (Å²) in [6.07, 6.45) is 1.53. The van der Waals surface area contributed by atoms with Crippen molar-refractivity contribution in [3.8, 4) is 5.75 Å². The van der Waals surface area contributed by atoms with Gasteiger partial charge in [0.05, 0.1) is 18.9 Å². The molecular weight excluding hydrogens is 531 g/mol. The number of methoxy groups -OCH3 is 1. The number of halogens is 1. The van der Waals surface area contributed by atoms with E-state index in [0.29, 0.717) is 45.2 Å². The van der Waals surface area contributed by atoms with Gasteiger partial charge in [0.1, 0.15) is 5.75 Å². The molecule has 0 bridgehead atoms. The minimum absolute atomic E-state index is 0. The second-order valence-electron chi connectivity index (χ2n) is 7.00. The first kappa shape index (κ1) is 29.9. The van der Waals surface area contributed by atoms with Gasteiger partial charge >= 0.3 is 0 Å². The van der Waals surface area contributed by atoms with Crippen LogP contribution in [0.5, 0.6) is 5.75 Å². The number of hydrogen-bond acceptors (Lipinski definition) is 5. The zero-order valence-electron chi connectivity index (χ0n) is 19.4. The van der Waals surface area contributed by atoms with Crippen molar-refractivity contribution in [3.05, 3.63) is 29.3 Å². The third-order valence-electron chi connectivity index (χ3n) is 4.51. The van der Waals surface area contributed by atoms with Gasteiger partial charge < -0.3 is 20.1 Å². The molecule has 0 saturated heterocycles. The number of aliphatic imine (C=N–C) groups is 1. The Morgan fingerprint density at radius 1 is 1.16 bits per heavy atom. The monoisotopic (exact) mass is 570 g/mol. The number of nitrogens with zero attached hydrogens (tertiary/aromatic N) is 2. The lowest BCUT2D eigenvalue weighted by Crippen LogP contribution is -2.39. The van der Waals surface area contributed by atoms with Gasteiger partial charge in [-0.25, -0.2) is 17.7 Å².